The molecular weight excluding hydrogens is 1020 g/mol. The first-order valence-electron chi connectivity index (χ1n) is 23.8. The second-order valence-corrected chi connectivity index (χ2v) is 20.5. The number of fused-ring (bicyclic) bond motifs is 1. The molecule has 2 aliphatic heterocycles. The highest BCUT2D eigenvalue weighted by atomic mass is 33.1. The monoisotopic (exact) mass is 1090 g/mol. The molecule has 2 aliphatic rings. The molecule has 8 atom stereocenters. The lowest BCUT2D eigenvalue weighted by atomic mass is 10.0. The van der Waals surface area contributed by atoms with Crippen LogP contribution in [-0.2, 0) is 64.0 Å². The maximum Gasteiger partial charge on any atom is 0.305 e. The van der Waals surface area contributed by atoms with Gasteiger partial charge in [0.05, 0.1) is 26.5 Å². The SMILES string of the molecule is COc1ccc(C[C@H]2NC(=O)[C@H](CC(=O)O)NC(=O)CNC(=O)[C@H](CCCN=C(N)N)NC(=O)[C@H]3CCCN3C(=O)[C@H](CC(N)=O)NC(=O)[C@@H](NC(C)=O)CSSC[C@@H](C(N)=O)NC(=O)[C@H](CC(C)C)NC2=O)cc1. The molecule has 0 unspecified atom stereocenters. The number of aliphatic carboxylic acids is 1. The van der Waals surface area contributed by atoms with Crippen molar-refractivity contribution in [2.45, 2.75) is 120 Å². The van der Waals surface area contributed by atoms with Crippen LogP contribution in [0.2, 0.25) is 0 Å². The molecule has 75 heavy (non-hydrogen) atoms. The highest BCUT2D eigenvalue weighted by molar-refractivity contribution is 8.76. The average molecular weight is 1090 g/mol. The molecule has 0 saturated carbocycles. The fourth-order valence-corrected chi connectivity index (χ4v) is 10.1. The molecule has 0 aliphatic carbocycles. The van der Waals surface area contributed by atoms with Crippen LogP contribution in [0, 0.1) is 5.92 Å². The maximum atomic E-state index is 14.2. The second kappa shape index (κ2) is 30.7. The number of guanidine groups is 1. The third-order valence-electron chi connectivity index (χ3n) is 11.4. The lowest BCUT2D eigenvalue weighted by molar-refractivity contribution is -0.143. The number of carbonyl (C=O) groups excluding carboxylic acids is 11. The second-order valence-electron chi connectivity index (χ2n) is 18.0. The Kier molecular flexibility index (Phi) is 25.4. The van der Waals surface area contributed by atoms with Gasteiger partial charge in [0.15, 0.2) is 5.96 Å². The maximum absolute atomic E-state index is 14.2. The van der Waals surface area contributed by atoms with Gasteiger partial charge in [0.1, 0.15) is 54.1 Å². The van der Waals surface area contributed by atoms with E-state index in [0.717, 1.165) is 33.4 Å². The smallest absolute Gasteiger partial charge is 0.305 e. The van der Waals surface area contributed by atoms with E-state index >= 15 is 0 Å². The molecule has 11 amide bonds. The summed E-state index contributed by atoms with van der Waals surface area (Å²) in [6.45, 7) is 3.74. The van der Waals surface area contributed by atoms with E-state index in [9.17, 15) is 62.6 Å². The van der Waals surface area contributed by atoms with E-state index in [4.69, 9.17) is 27.7 Å². The highest BCUT2D eigenvalue weighted by Crippen LogP contribution is 2.24. The van der Waals surface area contributed by atoms with Crippen molar-refractivity contribution < 1.29 is 67.4 Å². The van der Waals surface area contributed by atoms with Crippen LogP contribution in [0.5, 0.6) is 5.75 Å². The normalized spacial score (nSPS) is 24.4. The summed E-state index contributed by atoms with van der Waals surface area (Å²) in [4.78, 5) is 165. The third-order valence-corrected chi connectivity index (χ3v) is 13.8. The van der Waals surface area contributed by atoms with Crippen LogP contribution in [0.25, 0.3) is 0 Å². The number of nitrogens with two attached hydrogens (primary N) is 4. The number of carboxylic acid groups (broad SMARTS) is 1. The zero-order valence-electron chi connectivity index (χ0n) is 42.0. The Labute approximate surface area is 440 Å². The van der Waals surface area contributed by atoms with Gasteiger partial charge in [0, 0.05) is 37.9 Å². The van der Waals surface area contributed by atoms with Crippen LogP contribution in [0.3, 0.4) is 0 Å². The molecule has 414 valence electrons. The summed E-state index contributed by atoms with van der Waals surface area (Å²) in [5.74, 6) is -12.2. The zero-order chi connectivity index (χ0) is 55.9. The number of aliphatic imine (C=N–C) groups is 1. The van der Waals surface area contributed by atoms with Crippen molar-refractivity contribution in [3.63, 3.8) is 0 Å². The fourth-order valence-electron chi connectivity index (χ4n) is 7.72. The molecule has 2 heterocycles. The van der Waals surface area contributed by atoms with Gasteiger partial charge in [-0.1, -0.05) is 47.6 Å². The standard InChI is InChI=1S/C45H68N14O14S2/c1-22(2)15-27-39(67)58-31(37(47)65)20-74-75-21-32(52-23(3)60)42(70)57-30(17-34(46)61)44(72)59-14-6-8-33(59)43(71)54-26(7-5-13-50-45(48)49)38(66)51-19-35(62)53-29(18-36(63)64)41(69)56-28(40(68)55-27)16-24-9-11-25(73-4)12-10-24/h9-12,22,26-33H,5-8,13-21H2,1-4H3,(H2,46,61)(H2,47,65)(H,51,66)(H,52,60)(H,53,62)(H,54,71)(H,55,68)(H,56,69)(H,57,70)(H,58,67)(H,63,64)(H4,48,49,50)/t26-,27-,28+,29-,30-,31-,32-,33+/m0/s1. The van der Waals surface area contributed by atoms with Crippen LogP contribution >= 0.6 is 21.6 Å². The minimum atomic E-state index is -1.84. The van der Waals surface area contributed by atoms with Gasteiger partial charge in [-0.05, 0) is 55.7 Å². The van der Waals surface area contributed by atoms with E-state index in [0.29, 0.717) is 11.3 Å². The summed E-state index contributed by atoms with van der Waals surface area (Å²) in [6.07, 6.45) is -1.62. The Bertz CT molecular complexity index is 2290. The van der Waals surface area contributed by atoms with Gasteiger partial charge in [0.2, 0.25) is 65.0 Å². The molecule has 0 radical (unpaired) electrons. The van der Waals surface area contributed by atoms with E-state index in [2.05, 4.69) is 47.5 Å². The number of hydrogen-bond donors (Lipinski definition) is 13. The number of nitrogens with zero attached hydrogens (tertiary/aromatic N) is 2. The molecule has 2 fully saturated rings. The first kappa shape index (κ1) is 61.9. The number of benzene rings is 1. The Morgan fingerprint density at radius 1 is 0.773 bits per heavy atom. The van der Waals surface area contributed by atoms with E-state index in [1.54, 1.807) is 38.1 Å². The number of amides is 11. The van der Waals surface area contributed by atoms with Crippen LogP contribution < -0.4 is 70.2 Å². The number of carboxylic acids is 1. The van der Waals surface area contributed by atoms with E-state index < -0.39 is 139 Å². The topological polar surface area (TPSA) is 450 Å². The number of hydrogen-bond acceptors (Lipinski definition) is 16. The van der Waals surface area contributed by atoms with Crippen LogP contribution in [-0.4, -0.2) is 173 Å². The number of nitrogens with one attached hydrogen (secondary N) is 8. The molecule has 0 aromatic heterocycles. The quantitative estimate of drug-likeness (QED) is 0.0339. The third kappa shape index (κ3) is 21.6. The number of rotatable bonds is 15. The van der Waals surface area contributed by atoms with Gasteiger partial charge in [0.25, 0.3) is 0 Å². The first-order chi connectivity index (χ1) is 35.4. The first-order valence-corrected chi connectivity index (χ1v) is 26.3. The Morgan fingerprint density at radius 2 is 1.39 bits per heavy atom. The predicted molar refractivity (Wildman–Crippen MR) is 273 cm³/mol. The summed E-state index contributed by atoms with van der Waals surface area (Å²) < 4.78 is 5.22. The van der Waals surface area contributed by atoms with Gasteiger partial charge in [-0.3, -0.25) is 62.5 Å². The van der Waals surface area contributed by atoms with Gasteiger partial charge in [-0.15, -0.1) is 0 Å². The minimum absolute atomic E-state index is 0.00352. The molecule has 17 N–H and O–H groups in total. The van der Waals surface area contributed by atoms with Gasteiger partial charge < -0.3 is 80.2 Å². The molecule has 30 heteroatoms. The Morgan fingerprint density at radius 3 is 1.99 bits per heavy atom. The van der Waals surface area contributed by atoms with Crippen molar-refractivity contribution in [1.82, 2.24) is 47.4 Å². The lowest BCUT2D eigenvalue weighted by Gasteiger charge is -2.30. The zero-order valence-corrected chi connectivity index (χ0v) is 43.6. The molecular formula is C45H68N14O14S2. The summed E-state index contributed by atoms with van der Waals surface area (Å²) in [5, 5.41) is 29.5. The Balaban J connectivity index is 2.10. The van der Waals surface area contributed by atoms with Crippen LogP contribution in [0.15, 0.2) is 29.3 Å². The fraction of sp³-hybridized carbons (Fsp3) is 0.578. The molecule has 1 aromatic rings. The van der Waals surface area contributed by atoms with Gasteiger partial charge >= 0.3 is 5.97 Å². The molecule has 28 nitrogen and oxygen atoms in total. The van der Waals surface area contributed by atoms with E-state index in [-0.39, 0.29) is 75.0 Å². The summed E-state index contributed by atoms with van der Waals surface area (Å²) in [6, 6.07) is -5.36. The van der Waals surface area contributed by atoms with E-state index in [1.165, 1.54) is 7.11 Å². The van der Waals surface area contributed by atoms with Crippen molar-refractivity contribution in [1.29, 1.82) is 0 Å². The predicted octanol–water partition coefficient (Wildman–Crippen LogP) is -4.91. The van der Waals surface area contributed by atoms with Crippen LogP contribution in [0.4, 0.5) is 0 Å². The van der Waals surface area contributed by atoms with Crippen molar-refractivity contribution in [2.75, 3.05) is 38.2 Å². The van der Waals surface area contributed by atoms with Crippen molar-refractivity contribution in [2.24, 2.45) is 33.8 Å². The number of ether oxygens (including phenoxy) is 1. The molecule has 0 bridgehead atoms. The van der Waals surface area contributed by atoms with Crippen molar-refractivity contribution in [3.8, 4) is 5.75 Å². The molecule has 3 rings (SSSR count). The van der Waals surface area contributed by atoms with Crippen molar-refractivity contribution >= 4 is 98.5 Å². The average Bonchev–Trinajstić information content (AvgIpc) is 3.83. The number of methoxy groups -OCH3 is 1. The van der Waals surface area contributed by atoms with Crippen LogP contribution in [0.1, 0.15) is 71.3 Å². The summed E-state index contributed by atoms with van der Waals surface area (Å²) >= 11 is 0. The molecule has 0 spiro atoms. The minimum Gasteiger partial charge on any atom is -0.497 e. The van der Waals surface area contributed by atoms with E-state index in [1.807, 2.05) is 0 Å². The highest BCUT2D eigenvalue weighted by Gasteiger charge is 2.40. The number of carbonyl (C=O) groups is 12. The summed E-state index contributed by atoms with van der Waals surface area (Å²) in [5.41, 5.74) is 22.5. The number of primary amides is 2. The van der Waals surface area contributed by atoms with Gasteiger partial charge in [-0.2, -0.15) is 0 Å². The van der Waals surface area contributed by atoms with Crippen molar-refractivity contribution in [3.05, 3.63) is 29.8 Å². The summed E-state index contributed by atoms with van der Waals surface area (Å²) in [7, 11) is 3.36. The molecule has 2 saturated heterocycles. The molecule has 1 aromatic carbocycles. The largest absolute Gasteiger partial charge is 0.497 e. The van der Waals surface area contributed by atoms with Gasteiger partial charge in [-0.25, -0.2) is 0 Å². The Hall–Kier alpha value is -7.37. The lowest BCUT2D eigenvalue weighted by Crippen LogP contribution is -2.59.